The monoisotopic (exact) mass is 299 g/mol. The molecule has 2 atom stereocenters. The highest BCUT2D eigenvalue weighted by Gasteiger charge is 2.41. The highest BCUT2D eigenvalue weighted by Crippen LogP contribution is 2.30. The standard InChI is InChI=1S/C12H14FN3O3S/c13-8-4-9(7-17)16(6-8)20(18,19)11-5-15-12-10(11)2-1-3-14-12/h1-3,5,8-9,17H,4,6-7H2,(H,14,15)/t8-,9-/m0/s1. The summed E-state index contributed by atoms with van der Waals surface area (Å²) in [6.45, 7) is -0.610. The fourth-order valence-electron chi connectivity index (χ4n) is 2.56. The number of pyridine rings is 1. The van der Waals surface area contributed by atoms with Gasteiger partial charge in [0.1, 0.15) is 16.7 Å². The van der Waals surface area contributed by atoms with E-state index in [2.05, 4.69) is 9.97 Å². The van der Waals surface area contributed by atoms with Crippen molar-refractivity contribution >= 4 is 21.1 Å². The van der Waals surface area contributed by atoms with Crippen LogP contribution >= 0.6 is 0 Å². The second-order valence-electron chi connectivity index (χ2n) is 4.80. The minimum atomic E-state index is -3.85. The van der Waals surface area contributed by atoms with Gasteiger partial charge < -0.3 is 10.1 Å². The summed E-state index contributed by atoms with van der Waals surface area (Å²) in [7, 11) is -3.85. The molecular formula is C12H14FN3O3S. The number of sulfonamides is 1. The third-order valence-corrected chi connectivity index (χ3v) is 5.48. The van der Waals surface area contributed by atoms with Gasteiger partial charge in [0.05, 0.1) is 12.6 Å². The molecule has 2 aromatic heterocycles. The fourth-order valence-corrected chi connectivity index (χ4v) is 4.37. The summed E-state index contributed by atoms with van der Waals surface area (Å²) in [5.74, 6) is 0. The zero-order chi connectivity index (χ0) is 14.3. The number of nitrogens with one attached hydrogen (secondary N) is 1. The average Bonchev–Trinajstić information content (AvgIpc) is 3.02. The van der Waals surface area contributed by atoms with Crippen LogP contribution in [0.1, 0.15) is 6.42 Å². The van der Waals surface area contributed by atoms with Crippen LogP contribution in [-0.2, 0) is 10.0 Å². The molecular weight excluding hydrogens is 285 g/mol. The van der Waals surface area contributed by atoms with E-state index in [4.69, 9.17) is 0 Å². The van der Waals surface area contributed by atoms with Gasteiger partial charge >= 0.3 is 0 Å². The van der Waals surface area contributed by atoms with Crippen molar-refractivity contribution in [2.45, 2.75) is 23.5 Å². The smallest absolute Gasteiger partial charge is 0.245 e. The van der Waals surface area contributed by atoms with Crippen molar-refractivity contribution in [3.05, 3.63) is 24.5 Å². The highest BCUT2D eigenvalue weighted by molar-refractivity contribution is 7.89. The van der Waals surface area contributed by atoms with Crippen LogP contribution in [0.25, 0.3) is 11.0 Å². The third-order valence-electron chi connectivity index (χ3n) is 3.52. The Morgan fingerprint density at radius 2 is 2.35 bits per heavy atom. The molecule has 108 valence electrons. The third kappa shape index (κ3) is 2.00. The molecule has 0 aliphatic carbocycles. The predicted molar refractivity (Wildman–Crippen MR) is 70.4 cm³/mol. The number of aromatic amines is 1. The number of alkyl halides is 1. The number of aliphatic hydroxyl groups excluding tert-OH is 1. The molecule has 3 heterocycles. The summed E-state index contributed by atoms with van der Waals surface area (Å²) >= 11 is 0. The van der Waals surface area contributed by atoms with Crippen LogP contribution in [0.2, 0.25) is 0 Å². The lowest BCUT2D eigenvalue weighted by molar-refractivity contribution is 0.213. The average molecular weight is 299 g/mol. The number of H-pyrrole nitrogens is 1. The molecule has 0 radical (unpaired) electrons. The van der Waals surface area contributed by atoms with Crippen molar-refractivity contribution in [2.24, 2.45) is 0 Å². The number of fused-ring (bicyclic) bond motifs is 1. The predicted octanol–water partition coefficient (Wildman–Crippen LogP) is 0.656. The Morgan fingerprint density at radius 1 is 1.55 bits per heavy atom. The largest absolute Gasteiger partial charge is 0.395 e. The van der Waals surface area contributed by atoms with Gasteiger partial charge in [0.15, 0.2) is 0 Å². The summed E-state index contributed by atoms with van der Waals surface area (Å²) in [6.07, 6.45) is 1.69. The Morgan fingerprint density at radius 3 is 3.10 bits per heavy atom. The van der Waals surface area contributed by atoms with E-state index in [9.17, 15) is 17.9 Å². The molecule has 0 unspecified atom stereocenters. The Balaban J connectivity index is 2.08. The molecule has 0 spiro atoms. The van der Waals surface area contributed by atoms with Gasteiger partial charge in [-0.2, -0.15) is 4.31 Å². The van der Waals surface area contributed by atoms with Gasteiger partial charge in [-0.05, 0) is 18.6 Å². The zero-order valence-corrected chi connectivity index (χ0v) is 11.3. The van der Waals surface area contributed by atoms with Gasteiger partial charge in [-0.15, -0.1) is 0 Å². The van der Waals surface area contributed by atoms with E-state index in [1.165, 1.54) is 6.20 Å². The minimum Gasteiger partial charge on any atom is -0.395 e. The quantitative estimate of drug-likeness (QED) is 0.871. The Labute approximate surface area is 115 Å². The molecule has 2 aromatic rings. The van der Waals surface area contributed by atoms with E-state index in [-0.39, 0.29) is 24.5 Å². The van der Waals surface area contributed by atoms with E-state index in [0.29, 0.717) is 11.0 Å². The van der Waals surface area contributed by atoms with E-state index < -0.39 is 22.2 Å². The van der Waals surface area contributed by atoms with Crippen LogP contribution in [-0.4, -0.2) is 53.2 Å². The number of aromatic nitrogens is 2. The van der Waals surface area contributed by atoms with Crippen molar-refractivity contribution in [2.75, 3.05) is 13.2 Å². The topological polar surface area (TPSA) is 86.3 Å². The maximum Gasteiger partial charge on any atom is 0.245 e. The van der Waals surface area contributed by atoms with Crippen LogP contribution in [0.4, 0.5) is 4.39 Å². The SMILES string of the molecule is O=S(=O)(c1c[nH]c2ncccc12)N1C[C@@H](F)C[C@H]1CO. The number of hydrogen-bond donors (Lipinski definition) is 2. The molecule has 1 aliphatic rings. The van der Waals surface area contributed by atoms with Crippen LogP contribution in [0.3, 0.4) is 0 Å². The number of nitrogens with zero attached hydrogens (tertiary/aromatic N) is 2. The lowest BCUT2D eigenvalue weighted by atomic mass is 10.2. The highest BCUT2D eigenvalue weighted by atomic mass is 32.2. The molecule has 3 rings (SSSR count). The molecule has 0 bridgehead atoms. The lowest BCUT2D eigenvalue weighted by Gasteiger charge is -2.21. The molecule has 1 saturated heterocycles. The minimum absolute atomic E-state index is 0.0241. The molecule has 0 amide bonds. The fraction of sp³-hybridized carbons (Fsp3) is 0.417. The first-order chi connectivity index (χ1) is 9.54. The molecule has 2 N–H and O–H groups in total. The van der Waals surface area contributed by atoms with E-state index in [1.807, 2.05) is 0 Å². The summed E-state index contributed by atoms with van der Waals surface area (Å²) in [5, 5.41) is 9.70. The second kappa shape index (κ2) is 4.80. The van der Waals surface area contributed by atoms with Crippen LogP contribution < -0.4 is 0 Å². The number of halogens is 1. The Hall–Kier alpha value is -1.51. The van der Waals surface area contributed by atoms with Gasteiger partial charge in [-0.25, -0.2) is 17.8 Å². The van der Waals surface area contributed by atoms with Crippen molar-refractivity contribution in [1.29, 1.82) is 0 Å². The second-order valence-corrected chi connectivity index (χ2v) is 6.66. The zero-order valence-electron chi connectivity index (χ0n) is 10.5. The van der Waals surface area contributed by atoms with Gasteiger partial charge in [0.2, 0.25) is 10.0 Å². The van der Waals surface area contributed by atoms with Gasteiger partial charge in [0, 0.05) is 24.3 Å². The molecule has 20 heavy (non-hydrogen) atoms. The normalized spacial score (nSPS) is 24.5. The van der Waals surface area contributed by atoms with Gasteiger partial charge in [-0.3, -0.25) is 0 Å². The van der Waals surface area contributed by atoms with Crippen molar-refractivity contribution in [1.82, 2.24) is 14.3 Å². The number of aliphatic hydroxyl groups is 1. The first-order valence-corrected chi connectivity index (χ1v) is 7.67. The Bertz CT molecular complexity index is 730. The Kier molecular flexibility index (Phi) is 3.23. The van der Waals surface area contributed by atoms with Gasteiger partial charge in [0.25, 0.3) is 0 Å². The molecule has 6 nitrogen and oxygen atoms in total. The molecule has 1 aliphatic heterocycles. The van der Waals surface area contributed by atoms with E-state index in [0.717, 1.165) is 4.31 Å². The van der Waals surface area contributed by atoms with Crippen molar-refractivity contribution < 1.29 is 17.9 Å². The van der Waals surface area contributed by atoms with Crippen molar-refractivity contribution in [3.63, 3.8) is 0 Å². The summed E-state index contributed by atoms with van der Waals surface area (Å²) in [5.41, 5.74) is 0.461. The first kappa shape index (κ1) is 13.5. The number of rotatable bonds is 3. The summed E-state index contributed by atoms with van der Waals surface area (Å²) in [6, 6.07) is 2.57. The van der Waals surface area contributed by atoms with E-state index >= 15 is 0 Å². The molecule has 8 heteroatoms. The lowest BCUT2D eigenvalue weighted by Crippen LogP contribution is -2.37. The molecule has 0 aromatic carbocycles. The van der Waals surface area contributed by atoms with Crippen LogP contribution in [0.15, 0.2) is 29.4 Å². The van der Waals surface area contributed by atoms with Crippen molar-refractivity contribution in [3.8, 4) is 0 Å². The molecule has 0 saturated carbocycles. The summed E-state index contributed by atoms with van der Waals surface area (Å²) < 4.78 is 39.7. The summed E-state index contributed by atoms with van der Waals surface area (Å²) in [4.78, 5) is 6.89. The van der Waals surface area contributed by atoms with Gasteiger partial charge in [-0.1, -0.05) is 0 Å². The maximum absolute atomic E-state index is 13.5. The van der Waals surface area contributed by atoms with Crippen LogP contribution in [0.5, 0.6) is 0 Å². The van der Waals surface area contributed by atoms with E-state index in [1.54, 1.807) is 18.3 Å². The number of hydrogen-bond acceptors (Lipinski definition) is 4. The maximum atomic E-state index is 13.5. The first-order valence-electron chi connectivity index (χ1n) is 6.23. The van der Waals surface area contributed by atoms with Crippen LogP contribution in [0, 0.1) is 0 Å². The molecule has 1 fully saturated rings.